The van der Waals surface area contributed by atoms with Crippen LogP contribution in [0.25, 0.3) is 10.9 Å². The number of rotatable bonds is 2. The summed E-state index contributed by atoms with van der Waals surface area (Å²) in [5.74, 6) is 0.751. The van der Waals surface area contributed by atoms with Crippen LogP contribution in [0, 0.1) is 6.92 Å². The standard InChI is InChI=1S/C11H12ClN3/c1-7-14-10(6-13-2)8-4-3-5-9(12)11(8)15-7/h3-5,13H,6H2,1-2H3. The minimum atomic E-state index is 0.676. The molecule has 3 nitrogen and oxygen atoms in total. The number of fused-ring (bicyclic) bond motifs is 1. The molecule has 0 unspecified atom stereocenters. The van der Waals surface area contributed by atoms with Crippen LogP contribution >= 0.6 is 11.6 Å². The van der Waals surface area contributed by atoms with Crippen molar-refractivity contribution in [1.82, 2.24) is 15.3 Å². The monoisotopic (exact) mass is 221 g/mol. The molecule has 78 valence electrons. The molecule has 2 rings (SSSR count). The zero-order valence-electron chi connectivity index (χ0n) is 8.71. The maximum atomic E-state index is 6.09. The van der Waals surface area contributed by atoms with Gasteiger partial charge in [0.15, 0.2) is 0 Å². The molecule has 1 aromatic carbocycles. The van der Waals surface area contributed by atoms with Gasteiger partial charge >= 0.3 is 0 Å². The van der Waals surface area contributed by atoms with E-state index in [9.17, 15) is 0 Å². The van der Waals surface area contributed by atoms with Crippen molar-refractivity contribution in [3.8, 4) is 0 Å². The Morgan fingerprint density at radius 3 is 2.87 bits per heavy atom. The molecule has 0 amide bonds. The number of hydrogen-bond donors (Lipinski definition) is 1. The Labute approximate surface area is 93.5 Å². The number of hydrogen-bond acceptors (Lipinski definition) is 3. The molecule has 0 aliphatic heterocycles. The first-order valence-corrected chi connectivity index (χ1v) is 5.16. The van der Waals surface area contributed by atoms with Crippen molar-refractivity contribution in [2.75, 3.05) is 7.05 Å². The van der Waals surface area contributed by atoms with Gasteiger partial charge in [-0.15, -0.1) is 0 Å². The molecule has 1 N–H and O–H groups in total. The van der Waals surface area contributed by atoms with E-state index in [1.54, 1.807) is 0 Å². The molecule has 0 spiro atoms. The minimum Gasteiger partial charge on any atom is -0.314 e. The van der Waals surface area contributed by atoms with E-state index in [2.05, 4.69) is 15.3 Å². The number of halogens is 1. The normalized spacial score (nSPS) is 10.9. The van der Waals surface area contributed by atoms with E-state index >= 15 is 0 Å². The fraction of sp³-hybridized carbons (Fsp3) is 0.273. The van der Waals surface area contributed by atoms with E-state index in [1.807, 2.05) is 32.2 Å². The van der Waals surface area contributed by atoms with Crippen LogP contribution in [0.15, 0.2) is 18.2 Å². The van der Waals surface area contributed by atoms with Crippen molar-refractivity contribution in [3.05, 3.63) is 34.7 Å². The summed E-state index contributed by atoms with van der Waals surface area (Å²) in [5.41, 5.74) is 1.82. The van der Waals surface area contributed by atoms with E-state index in [0.717, 1.165) is 29.0 Å². The van der Waals surface area contributed by atoms with Crippen molar-refractivity contribution in [2.24, 2.45) is 0 Å². The highest BCUT2D eigenvalue weighted by Crippen LogP contribution is 2.23. The summed E-state index contributed by atoms with van der Waals surface area (Å²) < 4.78 is 0. The summed E-state index contributed by atoms with van der Waals surface area (Å²) in [6.07, 6.45) is 0. The van der Waals surface area contributed by atoms with Crippen LogP contribution in [0.2, 0.25) is 5.02 Å². The number of aromatic nitrogens is 2. The minimum absolute atomic E-state index is 0.676. The van der Waals surface area contributed by atoms with Gasteiger partial charge in [-0.3, -0.25) is 0 Å². The Balaban J connectivity index is 2.74. The van der Waals surface area contributed by atoms with Crippen LogP contribution in [0.3, 0.4) is 0 Å². The largest absolute Gasteiger partial charge is 0.314 e. The molecule has 15 heavy (non-hydrogen) atoms. The molecule has 0 radical (unpaired) electrons. The fourth-order valence-electron chi connectivity index (χ4n) is 1.61. The highest BCUT2D eigenvalue weighted by molar-refractivity contribution is 6.35. The number of aryl methyl sites for hydroxylation is 1. The van der Waals surface area contributed by atoms with Crippen LogP contribution in [-0.2, 0) is 6.54 Å². The van der Waals surface area contributed by atoms with Gasteiger partial charge in [0.1, 0.15) is 5.82 Å². The Hall–Kier alpha value is -1.19. The number of para-hydroxylation sites is 1. The summed E-state index contributed by atoms with van der Waals surface area (Å²) >= 11 is 6.09. The van der Waals surface area contributed by atoms with Gasteiger partial charge in [0.2, 0.25) is 0 Å². The zero-order valence-corrected chi connectivity index (χ0v) is 9.47. The smallest absolute Gasteiger partial charge is 0.126 e. The predicted molar refractivity (Wildman–Crippen MR) is 62.0 cm³/mol. The van der Waals surface area contributed by atoms with E-state index in [0.29, 0.717) is 5.02 Å². The number of nitrogens with zero attached hydrogens (tertiary/aromatic N) is 2. The summed E-state index contributed by atoms with van der Waals surface area (Å²) in [6.45, 7) is 2.60. The third-order valence-electron chi connectivity index (χ3n) is 2.21. The SMILES string of the molecule is CNCc1nc(C)nc2c(Cl)cccc12. The first-order valence-electron chi connectivity index (χ1n) is 4.78. The van der Waals surface area contributed by atoms with E-state index in [-0.39, 0.29) is 0 Å². The van der Waals surface area contributed by atoms with Gasteiger partial charge in [0.05, 0.1) is 16.2 Å². The molecule has 0 fully saturated rings. The van der Waals surface area contributed by atoms with Crippen molar-refractivity contribution >= 4 is 22.5 Å². The Bertz CT molecular complexity index is 496. The zero-order chi connectivity index (χ0) is 10.8. The number of nitrogens with one attached hydrogen (secondary N) is 1. The average Bonchev–Trinajstić information content (AvgIpc) is 2.20. The molecule has 0 atom stereocenters. The van der Waals surface area contributed by atoms with Gasteiger partial charge in [0.25, 0.3) is 0 Å². The lowest BCUT2D eigenvalue weighted by Crippen LogP contribution is -2.09. The van der Waals surface area contributed by atoms with Crippen molar-refractivity contribution < 1.29 is 0 Å². The van der Waals surface area contributed by atoms with Crippen molar-refractivity contribution in [1.29, 1.82) is 0 Å². The molecule has 2 aromatic rings. The van der Waals surface area contributed by atoms with Crippen molar-refractivity contribution in [3.63, 3.8) is 0 Å². The lowest BCUT2D eigenvalue weighted by atomic mass is 10.2. The Kier molecular flexibility index (Phi) is 2.84. The molecule has 1 heterocycles. The van der Waals surface area contributed by atoms with Gasteiger partial charge < -0.3 is 5.32 Å². The molecular weight excluding hydrogens is 210 g/mol. The van der Waals surface area contributed by atoms with Crippen LogP contribution in [-0.4, -0.2) is 17.0 Å². The van der Waals surface area contributed by atoms with E-state index in [4.69, 9.17) is 11.6 Å². The topological polar surface area (TPSA) is 37.8 Å². The second-order valence-corrected chi connectivity index (χ2v) is 3.79. The summed E-state index contributed by atoms with van der Waals surface area (Å²) in [6, 6.07) is 5.76. The van der Waals surface area contributed by atoms with E-state index in [1.165, 1.54) is 0 Å². The first kappa shape index (κ1) is 10.3. The molecular formula is C11H12ClN3. The summed E-state index contributed by atoms with van der Waals surface area (Å²) in [4.78, 5) is 8.75. The maximum Gasteiger partial charge on any atom is 0.126 e. The third kappa shape index (κ3) is 1.94. The van der Waals surface area contributed by atoms with E-state index < -0.39 is 0 Å². The van der Waals surface area contributed by atoms with Crippen LogP contribution in [0.1, 0.15) is 11.5 Å². The number of benzene rings is 1. The summed E-state index contributed by atoms with van der Waals surface area (Å²) in [5, 5.41) is 4.78. The fourth-order valence-corrected chi connectivity index (χ4v) is 1.82. The molecule has 4 heteroatoms. The highest BCUT2D eigenvalue weighted by atomic mass is 35.5. The molecule has 0 aliphatic carbocycles. The predicted octanol–water partition coefficient (Wildman–Crippen LogP) is 2.31. The van der Waals surface area contributed by atoms with Crippen LogP contribution in [0.4, 0.5) is 0 Å². The Morgan fingerprint density at radius 1 is 1.33 bits per heavy atom. The quantitative estimate of drug-likeness (QED) is 0.846. The van der Waals surface area contributed by atoms with Gasteiger partial charge in [-0.2, -0.15) is 0 Å². The highest BCUT2D eigenvalue weighted by Gasteiger charge is 2.07. The first-order chi connectivity index (χ1) is 7.22. The third-order valence-corrected chi connectivity index (χ3v) is 2.52. The lowest BCUT2D eigenvalue weighted by Gasteiger charge is -2.07. The Morgan fingerprint density at radius 2 is 2.13 bits per heavy atom. The molecule has 0 bridgehead atoms. The second-order valence-electron chi connectivity index (χ2n) is 3.38. The average molecular weight is 222 g/mol. The van der Waals surface area contributed by atoms with Gasteiger partial charge in [-0.05, 0) is 20.0 Å². The molecule has 0 saturated heterocycles. The van der Waals surface area contributed by atoms with Crippen molar-refractivity contribution in [2.45, 2.75) is 13.5 Å². The maximum absolute atomic E-state index is 6.09. The lowest BCUT2D eigenvalue weighted by molar-refractivity contribution is 0.789. The van der Waals surface area contributed by atoms with Gasteiger partial charge in [-0.25, -0.2) is 9.97 Å². The van der Waals surface area contributed by atoms with Gasteiger partial charge in [-0.1, -0.05) is 23.7 Å². The molecule has 1 aromatic heterocycles. The molecule has 0 aliphatic rings. The summed E-state index contributed by atoms with van der Waals surface area (Å²) in [7, 11) is 1.90. The van der Waals surface area contributed by atoms with Crippen LogP contribution < -0.4 is 5.32 Å². The van der Waals surface area contributed by atoms with Crippen LogP contribution in [0.5, 0.6) is 0 Å². The second kappa shape index (κ2) is 4.13. The molecule has 0 saturated carbocycles. The van der Waals surface area contributed by atoms with Gasteiger partial charge in [0, 0.05) is 11.9 Å².